The van der Waals surface area contributed by atoms with E-state index < -0.39 is 0 Å². The lowest BCUT2D eigenvalue weighted by molar-refractivity contribution is 0.0955. The number of rotatable bonds is 8. The summed E-state index contributed by atoms with van der Waals surface area (Å²) in [4.78, 5) is 12.2. The fourth-order valence-corrected chi connectivity index (χ4v) is 3.60. The molecule has 0 fully saturated rings. The molecule has 0 saturated carbocycles. The van der Waals surface area contributed by atoms with E-state index in [-0.39, 0.29) is 5.91 Å². The molecule has 0 spiro atoms. The molecule has 1 N–H and O–H groups in total. The molecule has 0 aliphatic carbocycles. The fraction of sp³-hybridized carbons (Fsp3) is 0.130. The molecule has 160 valence electrons. The van der Waals surface area contributed by atoms with Crippen LogP contribution < -0.4 is 14.9 Å². The standard InChI is InChI=1S/C23H19Br2ClN2O3/c1-2-30-21-12-16(13-27-28-23(29)17-5-9-19(26)10-6-17)11-20(25)22(21)31-14-15-3-7-18(24)8-4-15/h3-13H,2,14H2,1H3,(H,28,29)/b27-13+. The normalized spacial score (nSPS) is 10.8. The molecule has 0 unspecified atom stereocenters. The minimum Gasteiger partial charge on any atom is -0.490 e. The molecule has 0 atom stereocenters. The predicted octanol–water partition coefficient (Wildman–Crippen LogP) is 6.61. The van der Waals surface area contributed by atoms with Crippen molar-refractivity contribution >= 4 is 55.6 Å². The van der Waals surface area contributed by atoms with E-state index in [9.17, 15) is 4.79 Å². The first-order valence-electron chi connectivity index (χ1n) is 9.39. The van der Waals surface area contributed by atoms with E-state index in [0.29, 0.717) is 35.3 Å². The van der Waals surface area contributed by atoms with Gasteiger partial charge in [0.1, 0.15) is 6.61 Å². The minimum atomic E-state index is -0.327. The van der Waals surface area contributed by atoms with E-state index in [0.717, 1.165) is 20.1 Å². The number of carbonyl (C=O) groups is 1. The Labute approximate surface area is 202 Å². The summed E-state index contributed by atoms with van der Waals surface area (Å²) < 4.78 is 13.5. The van der Waals surface area contributed by atoms with Gasteiger partial charge in [-0.15, -0.1) is 0 Å². The molecule has 31 heavy (non-hydrogen) atoms. The van der Waals surface area contributed by atoms with Crippen LogP contribution in [-0.2, 0) is 6.61 Å². The van der Waals surface area contributed by atoms with Crippen molar-refractivity contribution < 1.29 is 14.3 Å². The van der Waals surface area contributed by atoms with E-state index >= 15 is 0 Å². The maximum Gasteiger partial charge on any atom is 0.271 e. The highest BCUT2D eigenvalue weighted by Gasteiger charge is 2.12. The highest BCUT2D eigenvalue weighted by atomic mass is 79.9. The monoisotopic (exact) mass is 564 g/mol. The minimum absolute atomic E-state index is 0.327. The van der Waals surface area contributed by atoms with Crippen LogP contribution in [0.2, 0.25) is 5.02 Å². The average molecular weight is 567 g/mol. The average Bonchev–Trinajstić information content (AvgIpc) is 2.75. The SMILES string of the molecule is CCOc1cc(/C=N/NC(=O)c2ccc(Cl)cc2)cc(Br)c1OCc1ccc(Br)cc1. The first-order valence-corrected chi connectivity index (χ1v) is 11.3. The maximum absolute atomic E-state index is 12.2. The van der Waals surface area contributed by atoms with Crippen LogP contribution in [0.5, 0.6) is 11.5 Å². The van der Waals surface area contributed by atoms with Crippen molar-refractivity contribution in [2.75, 3.05) is 6.61 Å². The highest BCUT2D eigenvalue weighted by Crippen LogP contribution is 2.37. The fourth-order valence-electron chi connectivity index (χ4n) is 2.63. The number of hydrogen-bond acceptors (Lipinski definition) is 4. The van der Waals surface area contributed by atoms with E-state index in [2.05, 4.69) is 42.4 Å². The van der Waals surface area contributed by atoms with Crippen LogP contribution in [0, 0.1) is 0 Å². The molecule has 0 aliphatic rings. The first-order chi connectivity index (χ1) is 15.0. The molecule has 8 heteroatoms. The molecular formula is C23H19Br2ClN2O3. The van der Waals surface area contributed by atoms with Gasteiger partial charge >= 0.3 is 0 Å². The zero-order chi connectivity index (χ0) is 22.2. The third-order valence-electron chi connectivity index (χ3n) is 4.11. The Kier molecular flexibility index (Phi) is 8.51. The molecule has 3 rings (SSSR count). The molecule has 0 bridgehead atoms. The molecule has 0 radical (unpaired) electrons. The van der Waals surface area contributed by atoms with Crippen molar-refractivity contribution in [3.8, 4) is 11.5 Å². The van der Waals surface area contributed by atoms with Gasteiger partial charge in [-0.25, -0.2) is 5.43 Å². The van der Waals surface area contributed by atoms with Gasteiger partial charge in [-0.2, -0.15) is 5.10 Å². The molecule has 3 aromatic carbocycles. The number of hydrazone groups is 1. The van der Waals surface area contributed by atoms with Crippen LogP contribution in [0.3, 0.4) is 0 Å². The van der Waals surface area contributed by atoms with Crippen LogP contribution >= 0.6 is 43.5 Å². The van der Waals surface area contributed by atoms with Crippen LogP contribution in [0.25, 0.3) is 0 Å². The zero-order valence-electron chi connectivity index (χ0n) is 16.6. The summed E-state index contributed by atoms with van der Waals surface area (Å²) in [5.41, 5.74) is 4.74. The van der Waals surface area contributed by atoms with Crippen molar-refractivity contribution in [1.82, 2.24) is 5.43 Å². The molecule has 1 amide bonds. The summed E-state index contributed by atoms with van der Waals surface area (Å²) in [6, 6.07) is 18.1. The zero-order valence-corrected chi connectivity index (χ0v) is 20.5. The van der Waals surface area contributed by atoms with Crippen molar-refractivity contribution in [1.29, 1.82) is 0 Å². The van der Waals surface area contributed by atoms with E-state index in [1.54, 1.807) is 30.5 Å². The summed E-state index contributed by atoms with van der Waals surface area (Å²) in [7, 11) is 0. The van der Waals surface area contributed by atoms with Crippen molar-refractivity contribution in [2.24, 2.45) is 5.10 Å². The largest absolute Gasteiger partial charge is 0.490 e. The number of halogens is 3. The van der Waals surface area contributed by atoms with Crippen molar-refractivity contribution in [3.05, 3.63) is 91.3 Å². The molecule has 0 heterocycles. The predicted molar refractivity (Wildman–Crippen MR) is 130 cm³/mol. The van der Waals surface area contributed by atoms with Gasteiger partial charge in [-0.1, -0.05) is 39.7 Å². The van der Waals surface area contributed by atoms with Crippen molar-refractivity contribution in [2.45, 2.75) is 13.5 Å². The summed E-state index contributed by atoms with van der Waals surface area (Å²) in [6.45, 7) is 2.78. The molecular weight excluding hydrogens is 548 g/mol. The van der Waals surface area contributed by atoms with Gasteiger partial charge in [0.05, 0.1) is 17.3 Å². The van der Waals surface area contributed by atoms with Crippen LogP contribution in [0.1, 0.15) is 28.4 Å². The first kappa shape index (κ1) is 23.3. The van der Waals surface area contributed by atoms with Crippen LogP contribution in [0.4, 0.5) is 0 Å². The van der Waals surface area contributed by atoms with Crippen molar-refractivity contribution in [3.63, 3.8) is 0 Å². The topological polar surface area (TPSA) is 59.9 Å². The molecule has 0 aliphatic heterocycles. The van der Waals surface area contributed by atoms with Gasteiger partial charge in [-0.3, -0.25) is 4.79 Å². The van der Waals surface area contributed by atoms with E-state index in [1.165, 1.54) is 0 Å². The Morgan fingerprint density at radius 3 is 2.45 bits per heavy atom. The lowest BCUT2D eigenvalue weighted by Crippen LogP contribution is -2.17. The summed E-state index contributed by atoms with van der Waals surface area (Å²) >= 11 is 12.8. The molecule has 0 saturated heterocycles. The number of hydrogen-bond donors (Lipinski definition) is 1. The third kappa shape index (κ3) is 6.82. The Morgan fingerprint density at radius 2 is 1.77 bits per heavy atom. The van der Waals surface area contributed by atoms with E-state index in [4.69, 9.17) is 21.1 Å². The number of ether oxygens (including phenoxy) is 2. The smallest absolute Gasteiger partial charge is 0.271 e. The van der Waals surface area contributed by atoms with Gasteiger partial charge in [0.15, 0.2) is 11.5 Å². The second kappa shape index (κ2) is 11.3. The maximum atomic E-state index is 12.2. The Morgan fingerprint density at radius 1 is 1.06 bits per heavy atom. The molecule has 3 aromatic rings. The van der Waals surface area contributed by atoms with Gasteiger partial charge in [-0.05, 0) is 82.5 Å². The Balaban J connectivity index is 1.71. The summed E-state index contributed by atoms with van der Waals surface area (Å²) in [5, 5.41) is 4.60. The third-order valence-corrected chi connectivity index (χ3v) is 5.48. The summed E-state index contributed by atoms with van der Waals surface area (Å²) in [6.07, 6.45) is 1.54. The highest BCUT2D eigenvalue weighted by molar-refractivity contribution is 9.10. The molecule has 0 aromatic heterocycles. The number of nitrogens with one attached hydrogen (secondary N) is 1. The van der Waals surface area contributed by atoms with E-state index in [1.807, 2.05) is 43.3 Å². The van der Waals surface area contributed by atoms with Gasteiger partial charge < -0.3 is 9.47 Å². The van der Waals surface area contributed by atoms with Gasteiger partial charge in [0.2, 0.25) is 0 Å². The number of amides is 1. The Hall–Kier alpha value is -2.35. The summed E-state index contributed by atoms with van der Waals surface area (Å²) in [5.74, 6) is 0.859. The molecule has 5 nitrogen and oxygen atoms in total. The quantitative estimate of drug-likeness (QED) is 0.247. The number of benzene rings is 3. The van der Waals surface area contributed by atoms with Crippen LogP contribution in [0.15, 0.2) is 74.7 Å². The second-order valence-electron chi connectivity index (χ2n) is 6.38. The Bertz CT molecular complexity index is 1070. The van der Waals surface area contributed by atoms with Crippen LogP contribution in [-0.4, -0.2) is 18.7 Å². The lowest BCUT2D eigenvalue weighted by atomic mass is 10.2. The number of nitrogens with zero attached hydrogens (tertiary/aromatic N) is 1. The number of carbonyl (C=O) groups excluding carboxylic acids is 1. The lowest BCUT2D eigenvalue weighted by Gasteiger charge is -2.14. The second-order valence-corrected chi connectivity index (χ2v) is 8.59. The van der Waals surface area contributed by atoms with Gasteiger partial charge in [0.25, 0.3) is 5.91 Å². The van der Waals surface area contributed by atoms with Gasteiger partial charge in [0, 0.05) is 15.1 Å².